The molecule has 7 heteroatoms. The van der Waals surface area contributed by atoms with Crippen LogP contribution < -0.4 is 10.1 Å². The number of methoxy groups -OCH3 is 1. The predicted molar refractivity (Wildman–Crippen MR) is 103 cm³/mol. The van der Waals surface area contributed by atoms with Crippen molar-refractivity contribution in [2.24, 2.45) is 0 Å². The molecule has 148 valence electrons. The molecule has 0 aliphatic carbocycles. The van der Waals surface area contributed by atoms with E-state index in [2.05, 4.69) is 10.3 Å². The van der Waals surface area contributed by atoms with Crippen molar-refractivity contribution in [2.75, 3.05) is 26.9 Å². The summed E-state index contributed by atoms with van der Waals surface area (Å²) >= 11 is 0. The number of carboxylic acids is 1. The fourth-order valence-corrected chi connectivity index (χ4v) is 3.53. The third-order valence-electron chi connectivity index (χ3n) is 5.29. The van der Waals surface area contributed by atoms with Gasteiger partial charge in [-0.05, 0) is 49.6 Å². The average Bonchev–Trinajstić information content (AvgIpc) is 2.72. The van der Waals surface area contributed by atoms with Crippen molar-refractivity contribution < 1.29 is 24.2 Å². The van der Waals surface area contributed by atoms with Gasteiger partial charge in [-0.15, -0.1) is 0 Å². The Balaban J connectivity index is 1.77. The number of nitrogens with one attached hydrogen (secondary N) is 1. The molecule has 1 fully saturated rings. The van der Waals surface area contributed by atoms with Crippen LogP contribution in [0.15, 0.2) is 36.4 Å². The van der Waals surface area contributed by atoms with Crippen LogP contribution in [0.3, 0.4) is 0 Å². The number of carboxylic acid groups (broad SMARTS) is 1. The molecule has 0 saturated carbocycles. The molecule has 1 aromatic carbocycles. The summed E-state index contributed by atoms with van der Waals surface area (Å²) in [5.41, 5.74) is 1.52. The van der Waals surface area contributed by atoms with Crippen molar-refractivity contribution in [3.63, 3.8) is 0 Å². The molecule has 1 saturated heterocycles. The number of benzene rings is 1. The van der Waals surface area contributed by atoms with Crippen molar-refractivity contribution in [1.82, 2.24) is 10.3 Å². The second-order valence-electron chi connectivity index (χ2n) is 6.94. The predicted octanol–water partition coefficient (Wildman–Crippen LogP) is 2.58. The van der Waals surface area contributed by atoms with Gasteiger partial charge < -0.3 is 19.9 Å². The van der Waals surface area contributed by atoms with Crippen LogP contribution in [0.1, 0.15) is 44.9 Å². The first kappa shape index (κ1) is 19.8. The van der Waals surface area contributed by atoms with E-state index in [1.807, 2.05) is 24.3 Å². The maximum atomic E-state index is 12.6. The molecule has 1 amide bonds. The zero-order valence-electron chi connectivity index (χ0n) is 16.0. The van der Waals surface area contributed by atoms with Gasteiger partial charge in [0.05, 0.1) is 18.4 Å². The van der Waals surface area contributed by atoms with Crippen LogP contribution in [0.4, 0.5) is 0 Å². The van der Waals surface area contributed by atoms with Gasteiger partial charge in [0, 0.05) is 25.2 Å². The van der Waals surface area contributed by atoms with E-state index in [1.165, 1.54) is 12.1 Å². The minimum absolute atomic E-state index is 0.0932. The third-order valence-corrected chi connectivity index (χ3v) is 5.29. The number of carbonyl (C=O) groups is 2. The molecule has 0 unspecified atom stereocenters. The van der Waals surface area contributed by atoms with E-state index in [4.69, 9.17) is 14.6 Å². The highest BCUT2D eigenvalue weighted by molar-refractivity contribution is 5.94. The number of aryl methyl sites for hydroxylation is 1. The first-order valence-electron chi connectivity index (χ1n) is 9.17. The van der Waals surface area contributed by atoms with Gasteiger partial charge in [0.1, 0.15) is 11.4 Å². The van der Waals surface area contributed by atoms with Crippen LogP contribution in [0.2, 0.25) is 0 Å². The number of amides is 1. The summed E-state index contributed by atoms with van der Waals surface area (Å²) in [4.78, 5) is 27.9. The van der Waals surface area contributed by atoms with Gasteiger partial charge in [0.15, 0.2) is 0 Å². The molecular formula is C21H24N2O5. The molecule has 1 aliphatic heterocycles. The normalized spacial score (nSPS) is 15.6. The fraction of sp³-hybridized carbons (Fsp3) is 0.381. The largest absolute Gasteiger partial charge is 0.497 e. The highest BCUT2D eigenvalue weighted by Crippen LogP contribution is 2.35. The Labute approximate surface area is 163 Å². The minimum atomic E-state index is -1.06. The number of ether oxygens (including phenoxy) is 2. The number of pyridine rings is 1. The number of aromatic carboxylic acids is 1. The van der Waals surface area contributed by atoms with Gasteiger partial charge in [-0.2, -0.15) is 0 Å². The van der Waals surface area contributed by atoms with E-state index in [1.54, 1.807) is 14.0 Å². The lowest BCUT2D eigenvalue weighted by Crippen LogP contribution is -2.44. The molecule has 0 spiro atoms. The minimum Gasteiger partial charge on any atom is -0.497 e. The molecule has 7 nitrogen and oxygen atoms in total. The molecule has 1 aliphatic rings. The smallest absolute Gasteiger partial charge is 0.337 e. The first-order chi connectivity index (χ1) is 13.4. The molecular weight excluding hydrogens is 360 g/mol. The SMILES string of the molecule is COc1ccc(C2(CNC(=O)c3ccc(C(=O)O)c(C)n3)CCOCC2)cc1. The van der Waals surface area contributed by atoms with Crippen molar-refractivity contribution >= 4 is 11.9 Å². The Morgan fingerprint density at radius 2 is 1.86 bits per heavy atom. The number of hydrogen-bond acceptors (Lipinski definition) is 5. The standard InChI is InChI=1S/C21H24N2O5/c1-14-17(20(25)26)7-8-18(23-14)19(24)22-13-21(9-11-28-12-10-21)15-3-5-16(27-2)6-4-15/h3-8H,9-13H2,1-2H3,(H,22,24)(H,25,26). The second-order valence-corrected chi connectivity index (χ2v) is 6.94. The zero-order valence-corrected chi connectivity index (χ0v) is 16.0. The molecule has 3 rings (SSSR count). The lowest BCUT2D eigenvalue weighted by molar-refractivity contribution is 0.0486. The molecule has 2 N–H and O–H groups in total. The van der Waals surface area contributed by atoms with Gasteiger partial charge in [-0.25, -0.2) is 9.78 Å². The van der Waals surface area contributed by atoms with Gasteiger partial charge in [0.25, 0.3) is 5.91 Å². The van der Waals surface area contributed by atoms with Crippen molar-refractivity contribution in [1.29, 1.82) is 0 Å². The number of aromatic nitrogens is 1. The highest BCUT2D eigenvalue weighted by Gasteiger charge is 2.35. The maximum Gasteiger partial charge on any atom is 0.337 e. The lowest BCUT2D eigenvalue weighted by atomic mass is 9.74. The maximum absolute atomic E-state index is 12.6. The van der Waals surface area contributed by atoms with E-state index in [0.717, 1.165) is 24.2 Å². The van der Waals surface area contributed by atoms with Gasteiger partial charge >= 0.3 is 5.97 Å². The van der Waals surface area contributed by atoms with Gasteiger partial charge in [-0.1, -0.05) is 12.1 Å². The van der Waals surface area contributed by atoms with E-state index in [-0.39, 0.29) is 22.6 Å². The molecule has 0 atom stereocenters. The average molecular weight is 384 g/mol. The topological polar surface area (TPSA) is 97.8 Å². The Morgan fingerprint density at radius 1 is 1.18 bits per heavy atom. The summed E-state index contributed by atoms with van der Waals surface area (Å²) in [6, 6.07) is 10.7. The van der Waals surface area contributed by atoms with Gasteiger partial charge in [-0.3, -0.25) is 4.79 Å². The van der Waals surface area contributed by atoms with Crippen LogP contribution in [0.5, 0.6) is 5.75 Å². The van der Waals surface area contributed by atoms with E-state index in [0.29, 0.717) is 25.5 Å². The monoisotopic (exact) mass is 384 g/mol. The van der Waals surface area contributed by atoms with Crippen LogP contribution in [0.25, 0.3) is 0 Å². The van der Waals surface area contributed by atoms with E-state index < -0.39 is 5.97 Å². The van der Waals surface area contributed by atoms with Gasteiger partial charge in [0.2, 0.25) is 0 Å². The summed E-state index contributed by atoms with van der Waals surface area (Å²) in [6.45, 7) is 3.29. The molecule has 2 aromatic rings. The van der Waals surface area contributed by atoms with Crippen LogP contribution in [0, 0.1) is 6.92 Å². The Morgan fingerprint density at radius 3 is 2.43 bits per heavy atom. The number of carbonyl (C=O) groups excluding carboxylic acids is 1. The van der Waals surface area contributed by atoms with Crippen LogP contribution in [-0.2, 0) is 10.2 Å². The second kappa shape index (κ2) is 8.39. The summed E-state index contributed by atoms with van der Waals surface area (Å²) in [6.07, 6.45) is 1.59. The highest BCUT2D eigenvalue weighted by atomic mass is 16.5. The molecule has 0 bridgehead atoms. The van der Waals surface area contributed by atoms with Crippen LogP contribution in [-0.4, -0.2) is 48.8 Å². The molecule has 1 aromatic heterocycles. The number of hydrogen-bond donors (Lipinski definition) is 2. The summed E-state index contributed by atoms with van der Waals surface area (Å²) in [5, 5.41) is 12.1. The van der Waals surface area contributed by atoms with Crippen LogP contribution >= 0.6 is 0 Å². The number of rotatable bonds is 6. The quantitative estimate of drug-likeness (QED) is 0.794. The van der Waals surface area contributed by atoms with E-state index in [9.17, 15) is 9.59 Å². The summed E-state index contributed by atoms with van der Waals surface area (Å²) < 4.78 is 10.8. The van der Waals surface area contributed by atoms with Crippen molar-refractivity contribution in [3.8, 4) is 5.75 Å². The summed E-state index contributed by atoms with van der Waals surface area (Å²) in [7, 11) is 1.63. The Bertz CT molecular complexity index is 858. The first-order valence-corrected chi connectivity index (χ1v) is 9.17. The van der Waals surface area contributed by atoms with E-state index >= 15 is 0 Å². The Hall–Kier alpha value is -2.93. The van der Waals surface area contributed by atoms with Crippen molar-refractivity contribution in [3.05, 3.63) is 58.9 Å². The summed E-state index contributed by atoms with van der Waals surface area (Å²) in [5.74, 6) is -0.592. The third kappa shape index (κ3) is 4.14. The van der Waals surface area contributed by atoms with Crippen molar-refractivity contribution in [2.45, 2.75) is 25.2 Å². The molecule has 28 heavy (non-hydrogen) atoms. The molecule has 0 radical (unpaired) electrons. The fourth-order valence-electron chi connectivity index (χ4n) is 3.53. The lowest BCUT2D eigenvalue weighted by Gasteiger charge is -2.38. The Kier molecular flexibility index (Phi) is 5.94. The molecule has 2 heterocycles. The number of nitrogens with zero attached hydrogens (tertiary/aromatic N) is 1. The zero-order chi connectivity index (χ0) is 20.1.